The fraction of sp³-hybridized carbons (Fsp3) is 0.476. The maximum absolute atomic E-state index is 13.0. The van der Waals surface area contributed by atoms with E-state index in [-0.39, 0.29) is 23.5 Å². The lowest BCUT2D eigenvalue weighted by Crippen LogP contribution is -2.41. The van der Waals surface area contributed by atoms with E-state index in [1.54, 1.807) is 4.90 Å². The summed E-state index contributed by atoms with van der Waals surface area (Å²) >= 11 is 0. The molecule has 1 aliphatic rings. The highest BCUT2D eigenvalue weighted by molar-refractivity contribution is 5.79. The van der Waals surface area contributed by atoms with E-state index in [1.165, 1.54) is 18.1 Å². The summed E-state index contributed by atoms with van der Waals surface area (Å²) in [4.78, 5) is 21.8. The smallest absolute Gasteiger partial charge is 0.356 e. The van der Waals surface area contributed by atoms with Crippen molar-refractivity contribution >= 4 is 11.7 Å². The fourth-order valence-corrected chi connectivity index (χ4v) is 3.46. The zero-order valence-electron chi connectivity index (χ0n) is 16.6. The van der Waals surface area contributed by atoms with E-state index in [0.717, 1.165) is 12.5 Å². The van der Waals surface area contributed by atoms with Gasteiger partial charge in [-0.2, -0.15) is 13.2 Å². The van der Waals surface area contributed by atoms with Crippen LogP contribution in [0.3, 0.4) is 0 Å². The van der Waals surface area contributed by atoms with E-state index >= 15 is 0 Å². The molecule has 1 aliphatic heterocycles. The second-order valence-corrected chi connectivity index (χ2v) is 7.44. The van der Waals surface area contributed by atoms with Crippen molar-refractivity contribution in [3.8, 4) is 0 Å². The maximum atomic E-state index is 13.0. The second kappa shape index (κ2) is 8.80. The first-order valence-corrected chi connectivity index (χ1v) is 9.73. The van der Waals surface area contributed by atoms with Crippen LogP contribution in [0.25, 0.3) is 0 Å². The molecule has 1 aromatic carbocycles. The SMILES string of the molecule is Cc1ccc(CCNC(=O)C2CCN(c3cc(C(F)(F)F)nc(C)n3)CC2)cc1. The summed E-state index contributed by atoms with van der Waals surface area (Å²) in [5, 5.41) is 2.98. The van der Waals surface area contributed by atoms with E-state index in [4.69, 9.17) is 0 Å². The summed E-state index contributed by atoms with van der Waals surface area (Å²) in [6, 6.07) is 9.19. The summed E-state index contributed by atoms with van der Waals surface area (Å²) in [7, 11) is 0. The lowest BCUT2D eigenvalue weighted by molar-refractivity contribution is -0.141. The van der Waals surface area contributed by atoms with E-state index in [0.29, 0.717) is 32.5 Å². The summed E-state index contributed by atoms with van der Waals surface area (Å²) in [5.74, 6) is 0.231. The number of hydrogen-bond donors (Lipinski definition) is 1. The van der Waals surface area contributed by atoms with Gasteiger partial charge < -0.3 is 10.2 Å². The first-order chi connectivity index (χ1) is 13.7. The molecule has 8 heteroatoms. The quantitative estimate of drug-likeness (QED) is 0.823. The van der Waals surface area contributed by atoms with Crippen LogP contribution in [0.5, 0.6) is 0 Å². The zero-order valence-corrected chi connectivity index (χ0v) is 16.6. The molecule has 1 aromatic heterocycles. The molecular formula is C21H25F3N4O. The van der Waals surface area contributed by atoms with Gasteiger partial charge in [0.1, 0.15) is 17.3 Å². The van der Waals surface area contributed by atoms with Gasteiger partial charge in [-0.15, -0.1) is 0 Å². The van der Waals surface area contributed by atoms with Crippen molar-refractivity contribution in [1.82, 2.24) is 15.3 Å². The maximum Gasteiger partial charge on any atom is 0.433 e. The van der Waals surface area contributed by atoms with Gasteiger partial charge in [0, 0.05) is 31.6 Å². The van der Waals surface area contributed by atoms with Crippen molar-refractivity contribution < 1.29 is 18.0 Å². The number of benzene rings is 1. The Morgan fingerprint density at radius 3 is 2.41 bits per heavy atom. The number of piperidine rings is 1. The molecule has 0 bridgehead atoms. The summed E-state index contributed by atoms with van der Waals surface area (Å²) in [5.41, 5.74) is 1.44. The van der Waals surface area contributed by atoms with Crippen LogP contribution in [0.4, 0.5) is 19.0 Å². The summed E-state index contributed by atoms with van der Waals surface area (Å²) < 4.78 is 38.9. The van der Waals surface area contributed by atoms with Crippen LogP contribution in [0.15, 0.2) is 30.3 Å². The third-order valence-corrected chi connectivity index (χ3v) is 5.14. The van der Waals surface area contributed by atoms with Crippen LogP contribution in [-0.2, 0) is 17.4 Å². The topological polar surface area (TPSA) is 58.1 Å². The molecule has 156 valence electrons. The number of carbonyl (C=O) groups is 1. The van der Waals surface area contributed by atoms with Crippen LogP contribution in [0.2, 0.25) is 0 Å². The average molecular weight is 406 g/mol. The molecular weight excluding hydrogens is 381 g/mol. The Labute approximate surface area is 168 Å². The zero-order chi connectivity index (χ0) is 21.0. The monoisotopic (exact) mass is 406 g/mol. The molecule has 0 atom stereocenters. The highest BCUT2D eigenvalue weighted by atomic mass is 19.4. The standard InChI is InChI=1S/C21H25F3N4O/c1-14-3-5-16(6-4-14)7-10-25-20(29)17-8-11-28(12-9-17)19-13-18(21(22,23)24)26-15(2)27-19/h3-6,13,17H,7-12H2,1-2H3,(H,25,29). The van der Waals surface area contributed by atoms with Crippen molar-refractivity contribution in [2.75, 3.05) is 24.5 Å². The van der Waals surface area contributed by atoms with Gasteiger partial charge in [-0.05, 0) is 38.7 Å². The van der Waals surface area contributed by atoms with Gasteiger partial charge in [0.2, 0.25) is 5.91 Å². The Hall–Kier alpha value is -2.64. The van der Waals surface area contributed by atoms with Gasteiger partial charge in [-0.25, -0.2) is 9.97 Å². The number of rotatable bonds is 5. The van der Waals surface area contributed by atoms with Gasteiger partial charge in [0.15, 0.2) is 0 Å². The van der Waals surface area contributed by atoms with Crippen molar-refractivity contribution in [2.45, 2.75) is 39.3 Å². The van der Waals surface area contributed by atoms with E-state index in [9.17, 15) is 18.0 Å². The Morgan fingerprint density at radius 2 is 1.79 bits per heavy atom. The largest absolute Gasteiger partial charge is 0.433 e. The molecule has 1 N–H and O–H groups in total. The number of halogens is 3. The minimum absolute atomic E-state index is 0.00612. The predicted octanol–water partition coefficient (Wildman–Crippen LogP) is 3.69. The number of amides is 1. The molecule has 3 rings (SSSR count). The molecule has 0 spiro atoms. The summed E-state index contributed by atoms with van der Waals surface area (Å²) in [6.45, 7) is 5.04. The highest BCUT2D eigenvalue weighted by Crippen LogP contribution is 2.30. The van der Waals surface area contributed by atoms with E-state index < -0.39 is 11.9 Å². The van der Waals surface area contributed by atoms with Crippen LogP contribution < -0.4 is 10.2 Å². The van der Waals surface area contributed by atoms with Crippen molar-refractivity contribution in [3.63, 3.8) is 0 Å². The van der Waals surface area contributed by atoms with E-state index in [1.807, 2.05) is 19.1 Å². The number of nitrogens with one attached hydrogen (secondary N) is 1. The first-order valence-electron chi connectivity index (χ1n) is 9.73. The third-order valence-electron chi connectivity index (χ3n) is 5.14. The molecule has 1 saturated heterocycles. The number of alkyl halides is 3. The number of aryl methyl sites for hydroxylation is 2. The molecule has 0 aliphatic carbocycles. The molecule has 1 fully saturated rings. The Morgan fingerprint density at radius 1 is 1.14 bits per heavy atom. The Kier molecular flexibility index (Phi) is 6.39. The van der Waals surface area contributed by atoms with Crippen molar-refractivity contribution in [1.29, 1.82) is 0 Å². The minimum atomic E-state index is -4.50. The van der Waals surface area contributed by atoms with Crippen molar-refractivity contribution in [3.05, 3.63) is 53.0 Å². The number of anilines is 1. The van der Waals surface area contributed by atoms with Crippen LogP contribution in [0, 0.1) is 19.8 Å². The van der Waals surface area contributed by atoms with Gasteiger partial charge in [0.25, 0.3) is 0 Å². The van der Waals surface area contributed by atoms with Crippen LogP contribution >= 0.6 is 0 Å². The normalized spacial score (nSPS) is 15.4. The van der Waals surface area contributed by atoms with Gasteiger partial charge in [0.05, 0.1) is 0 Å². The number of carbonyl (C=O) groups excluding carboxylic acids is 1. The highest BCUT2D eigenvalue weighted by Gasteiger charge is 2.34. The van der Waals surface area contributed by atoms with Gasteiger partial charge >= 0.3 is 6.18 Å². The molecule has 2 heterocycles. The fourth-order valence-electron chi connectivity index (χ4n) is 3.46. The first kappa shape index (κ1) is 21.1. The number of aromatic nitrogens is 2. The second-order valence-electron chi connectivity index (χ2n) is 7.44. The molecule has 0 unspecified atom stereocenters. The summed E-state index contributed by atoms with van der Waals surface area (Å²) in [6.07, 6.45) is -2.56. The predicted molar refractivity (Wildman–Crippen MR) is 105 cm³/mol. The molecule has 0 saturated carbocycles. The number of nitrogens with zero attached hydrogens (tertiary/aromatic N) is 3. The lowest BCUT2D eigenvalue weighted by Gasteiger charge is -2.32. The molecule has 29 heavy (non-hydrogen) atoms. The average Bonchev–Trinajstić information content (AvgIpc) is 2.68. The van der Waals surface area contributed by atoms with Crippen molar-refractivity contribution in [2.24, 2.45) is 5.92 Å². The van der Waals surface area contributed by atoms with Gasteiger partial charge in [-0.1, -0.05) is 29.8 Å². The van der Waals surface area contributed by atoms with Crippen LogP contribution in [-0.4, -0.2) is 35.5 Å². The van der Waals surface area contributed by atoms with Crippen LogP contribution in [0.1, 0.15) is 35.5 Å². The third kappa shape index (κ3) is 5.68. The minimum Gasteiger partial charge on any atom is -0.356 e. The molecule has 0 radical (unpaired) electrons. The Bertz CT molecular complexity index is 844. The molecule has 5 nitrogen and oxygen atoms in total. The molecule has 2 aromatic rings. The Balaban J connectivity index is 1.50. The number of hydrogen-bond acceptors (Lipinski definition) is 4. The van der Waals surface area contributed by atoms with Gasteiger partial charge in [-0.3, -0.25) is 4.79 Å². The lowest BCUT2D eigenvalue weighted by atomic mass is 9.95. The molecule has 1 amide bonds. The van der Waals surface area contributed by atoms with E-state index in [2.05, 4.69) is 27.4 Å².